The molecule has 1 heterocycles. The summed E-state index contributed by atoms with van der Waals surface area (Å²) in [6, 6.07) is -0.185. The number of carbonyl (C=O) groups is 2. The monoisotopic (exact) mass is 310 g/mol. The molecule has 5 nitrogen and oxygen atoms in total. The standard InChI is InChI=1S/C13H21F3N2O3/c1-12(2,3)21-11(20)17-9-4-6-18(7-5-9)10(19)8-13(14,15)16/h9H,4-8H2,1-3H3,(H,17,20). The number of likely N-dealkylation sites (tertiary alicyclic amines) is 1. The number of ether oxygens (including phenoxy) is 1. The fourth-order valence-electron chi connectivity index (χ4n) is 2.03. The second-order valence-corrected chi connectivity index (χ2v) is 6.09. The summed E-state index contributed by atoms with van der Waals surface area (Å²) < 4.78 is 41.5. The number of alkyl halides is 3. The van der Waals surface area contributed by atoms with Crippen LogP contribution in [-0.4, -0.2) is 47.8 Å². The zero-order chi connectivity index (χ0) is 16.3. The second kappa shape index (κ2) is 6.53. The largest absolute Gasteiger partial charge is 0.444 e. The number of nitrogens with zero attached hydrogens (tertiary/aromatic N) is 1. The lowest BCUT2D eigenvalue weighted by atomic mass is 10.0. The lowest BCUT2D eigenvalue weighted by Crippen LogP contribution is -2.48. The van der Waals surface area contributed by atoms with Gasteiger partial charge in [-0.25, -0.2) is 4.79 Å². The molecule has 0 unspecified atom stereocenters. The van der Waals surface area contributed by atoms with Crippen LogP contribution in [-0.2, 0) is 9.53 Å². The smallest absolute Gasteiger partial charge is 0.407 e. The predicted octanol–water partition coefficient (Wildman–Crippen LogP) is 2.45. The van der Waals surface area contributed by atoms with Crippen LogP contribution in [0.3, 0.4) is 0 Å². The van der Waals surface area contributed by atoms with Gasteiger partial charge >= 0.3 is 12.3 Å². The zero-order valence-corrected chi connectivity index (χ0v) is 12.4. The van der Waals surface area contributed by atoms with Crippen molar-refractivity contribution in [2.24, 2.45) is 0 Å². The third-order valence-electron chi connectivity index (χ3n) is 2.92. The summed E-state index contributed by atoms with van der Waals surface area (Å²) in [5.74, 6) is -0.918. The molecule has 0 aromatic rings. The molecule has 0 aromatic carbocycles. The first-order chi connectivity index (χ1) is 9.46. The number of hydrogen-bond acceptors (Lipinski definition) is 3. The lowest BCUT2D eigenvalue weighted by Gasteiger charge is -2.33. The van der Waals surface area contributed by atoms with Gasteiger partial charge in [-0.15, -0.1) is 0 Å². The van der Waals surface area contributed by atoms with Crippen LogP contribution in [0.1, 0.15) is 40.0 Å². The fraction of sp³-hybridized carbons (Fsp3) is 0.846. The van der Waals surface area contributed by atoms with Gasteiger partial charge in [0.15, 0.2) is 0 Å². The number of piperidine rings is 1. The molecule has 0 bridgehead atoms. The van der Waals surface area contributed by atoms with E-state index in [1.165, 1.54) is 4.90 Å². The van der Waals surface area contributed by atoms with E-state index in [1.807, 2.05) is 0 Å². The van der Waals surface area contributed by atoms with Crippen molar-refractivity contribution in [3.05, 3.63) is 0 Å². The first-order valence-corrected chi connectivity index (χ1v) is 6.80. The van der Waals surface area contributed by atoms with E-state index in [2.05, 4.69) is 5.32 Å². The zero-order valence-electron chi connectivity index (χ0n) is 12.4. The molecular weight excluding hydrogens is 289 g/mol. The predicted molar refractivity (Wildman–Crippen MR) is 69.6 cm³/mol. The average molecular weight is 310 g/mol. The maximum absolute atomic E-state index is 12.1. The summed E-state index contributed by atoms with van der Waals surface area (Å²) >= 11 is 0. The van der Waals surface area contributed by atoms with Crippen LogP contribution in [0.4, 0.5) is 18.0 Å². The van der Waals surface area contributed by atoms with Crippen LogP contribution in [0.25, 0.3) is 0 Å². The minimum atomic E-state index is -4.48. The van der Waals surface area contributed by atoms with E-state index < -0.39 is 30.2 Å². The lowest BCUT2D eigenvalue weighted by molar-refractivity contribution is -0.162. The van der Waals surface area contributed by atoms with Crippen LogP contribution in [0.2, 0.25) is 0 Å². The number of halogens is 3. The van der Waals surface area contributed by atoms with Crippen molar-refractivity contribution < 1.29 is 27.5 Å². The number of carbonyl (C=O) groups excluding carboxylic acids is 2. The Balaban J connectivity index is 2.35. The second-order valence-electron chi connectivity index (χ2n) is 6.09. The quantitative estimate of drug-likeness (QED) is 0.852. The van der Waals surface area contributed by atoms with E-state index in [0.717, 1.165) is 0 Å². The van der Waals surface area contributed by atoms with Gasteiger partial charge in [0.25, 0.3) is 0 Å². The Hall–Kier alpha value is -1.47. The highest BCUT2D eigenvalue weighted by atomic mass is 19.4. The summed E-state index contributed by atoms with van der Waals surface area (Å²) in [6.07, 6.45) is -5.63. The van der Waals surface area contributed by atoms with Crippen molar-refractivity contribution in [2.75, 3.05) is 13.1 Å². The van der Waals surface area contributed by atoms with Crippen molar-refractivity contribution >= 4 is 12.0 Å². The molecule has 8 heteroatoms. The van der Waals surface area contributed by atoms with Gasteiger partial charge in [0.05, 0.1) is 0 Å². The number of hydrogen-bond donors (Lipinski definition) is 1. The van der Waals surface area contributed by atoms with Crippen molar-refractivity contribution in [1.82, 2.24) is 10.2 Å². The molecular formula is C13H21F3N2O3. The Labute approximate surface area is 121 Å². The minimum absolute atomic E-state index is 0.185. The summed E-state index contributed by atoms with van der Waals surface area (Å²) in [5.41, 5.74) is -0.604. The third kappa shape index (κ3) is 7.19. The van der Waals surface area contributed by atoms with Crippen LogP contribution in [0.5, 0.6) is 0 Å². The van der Waals surface area contributed by atoms with E-state index >= 15 is 0 Å². The Morgan fingerprint density at radius 1 is 1.19 bits per heavy atom. The van der Waals surface area contributed by atoms with E-state index in [1.54, 1.807) is 20.8 Å². The molecule has 0 spiro atoms. The van der Waals surface area contributed by atoms with E-state index in [-0.39, 0.29) is 19.1 Å². The van der Waals surface area contributed by atoms with Gasteiger partial charge in [0.1, 0.15) is 12.0 Å². The van der Waals surface area contributed by atoms with Crippen LogP contribution in [0, 0.1) is 0 Å². The number of nitrogens with one attached hydrogen (secondary N) is 1. The van der Waals surface area contributed by atoms with E-state index in [9.17, 15) is 22.8 Å². The summed E-state index contributed by atoms with van der Waals surface area (Å²) in [4.78, 5) is 24.2. The van der Waals surface area contributed by atoms with Gasteiger partial charge in [-0.2, -0.15) is 13.2 Å². The van der Waals surface area contributed by atoms with E-state index in [4.69, 9.17) is 4.74 Å². The molecule has 122 valence electrons. The number of amides is 2. The Kier molecular flexibility index (Phi) is 5.47. The Morgan fingerprint density at radius 2 is 1.71 bits per heavy atom. The third-order valence-corrected chi connectivity index (χ3v) is 2.92. The molecule has 1 aliphatic heterocycles. The molecule has 1 saturated heterocycles. The highest BCUT2D eigenvalue weighted by Crippen LogP contribution is 2.22. The molecule has 1 aliphatic rings. The Morgan fingerprint density at radius 3 is 2.14 bits per heavy atom. The molecule has 0 saturated carbocycles. The average Bonchev–Trinajstić information content (AvgIpc) is 2.24. The van der Waals surface area contributed by atoms with Gasteiger partial charge in [-0.3, -0.25) is 4.79 Å². The van der Waals surface area contributed by atoms with Crippen LogP contribution < -0.4 is 5.32 Å². The number of rotatable bonds is 2. The van der Waals surface area contributed by atoms with Crippen molar-refractivity contribution in [3.8, 4) is 0 Å². The van der Waals surface area contributed by atoms with Crippen LogP contribution >= 0.6 is 0 Å². The SMILES string of the molecule is CC(C)(C)OC(=O)NC1CCN(C(=O)CC(F)(F)F)CC1. The van der Waals surface area contributed by atoms with Gasteiger partial charge in [0.2, 0.25) is 5.91 Å². The summed E-state index contributed by atoms with van der Waals surface area (Å²) in [7, 11) is 0. The molecule has 0 aromatic heterocycles. The Bertz CT molecular complexity index is 383. The first kappa shape index (κ1) is 17.6. The van der Waals surface area contributed by atoms with Gasteiger partial charge in [-0.1, -0.05) is 0 Å². The summed E-state index contributed by atoms with van der Waals surface area (Å²) in [5, 5.41) is 2.66. The fourth-order valence-corrected chi connectivity index (χ4v) is 2.03. The molecule has 1 fully saturated rings. The van der Waals surface area contributed by atoms with E-state index in [0.29, 0.717) is 12.8 Å². The molecule has 1 rings (SSSR count). The number of alkyl carbamates (subject to hydrolysis) is 1. The maximum Gasteiger partial charge on any atom is 0.407 e. The van der Waals surface area contributed by atoms with Crippen molar-refractivity contribution in [1.29, 1.82) is 0 Å². The molecule has 21 heavy (non-hydrogen) atoms. The van der Waals surface area contributed by atoms with Gasteiger partial charge in [0, 0.05) is 19.1 Å². The normalized spacial score (nSPS) is 17.5. The van der Waals surface area contributed by atoms with Gasteiger partial charge in [-0.05, 0) is 33.6 Å². The maximum atomic E-state index is 12.1. The van der Waals surface area contributed by atoms with Crippen molar-refractivity contribution in [3.63, 3.8) is 0 Å². The highest BCUT2D eigenvalue weighted by molar-refractivity contribution is 5.77. The first-order valence-electron chi connectivity index (χ1n) is 6.80. The molecule has 1 N–H and O–H groups in total. The molecule has 0 atom stereocenters. The molecule has 2 amide bonds. The topological polar surface area (TPSA) is 58.6 Å². The van der Waals surface area contributed by atoms with Crippen LogP contribution in [0.15, 0.2) is 0 Å². The molecule has 0 radical (unpaired) electrons. The molecule has 0 aliphatic carbocycles. The van der Waals surface area contributed by atoms with Crippen molar-refractivity contribution in [2.45, 2.75) is 57.9 Å². The highest BCUT2D eigenvalue weighted by Gasteiger charge is 2.35. The summed E-state index contributed by atoms with van der Waals surface area (Å²) in [6.45, 7) is 5.63. The van der Waals surface area contributed by atoms with Gasteiger partial charge < -0.3 is 15.0 Å². The minimum Gasteiger partial charge on any atom is -0.444 e.